The molecule has 0 spiro atoms. The second-order valence-electron chi connectivity index (χ2n) is 5.45. The predicted molar refractivity (Wildman–Crippen MR) is 84.9 cm³/mol. The van der Waals surface area contributed by atoms with E-state index in [0.29, 0.717) is 12.5 Å². The summed E-state index contributed by atoms with van der Waals surface area (Å²) in [6.45, 7) is 2.99. The molecule has 2 N–H and O–H groups in total. The molecule has 1 saturated carbocycles. The quantitative estimate of drug-likeness (QED) is 0.405. The summed E-state index contributed by atoms with van der Waals surface area (Å²) < 4.78 is 22.8. The van der Waals surface area contributed by atoms with E-state index >= 15 is 0 Å². The van der Waals surface area contributed by atoms with Crippen LogP contribution in [-0.4, -0.2) is 46.0 Å². The average molecular weight is 303 g/mol. The van der Waals surface area contributed by atoms with E-state index in [1.165, 1.54) is 32.1 Å². The van der Waals surface area contributed by atoms with Gasteiger partial charge in [-0.15, -0.1) is 0 Å². The van der Waals surface area contributed by atoms with Crippen molar-refractivity contribution in [1.29, 1.82) is 0 Å². The van der Waals surface area contributed by atoms with Crippen molar-refractivity contribution < 1.29 is 8.42 Å². The molecule has 0 aromatic rings. The number of rotatable bonds is 8. The van der Waals surface area contributed by atoms with Crippen LogP contribution in [0.15, 0.2) is 4.99 Å². The monoisotopic (exact) mass is 303 g/mol. The normalized spacial score (nSPS) is 17.4. The summed E-state index contributed by atoms with van der Waals surface area (Å²) in [6, 6.07) is 0. The highest BCUT2D eigenvalue weighted by atomic mass is 32.2. The molecule has 5 nitrogen and oxygen atoms in total. The van der Waals surface area contributed by atoms with Crippen LogP contribution >= 0.6 is 0 Å². The summed E-state index contributed by atoms with van der Waals surface area (Å²) in [5, 5.41) is 6.29. The first kappa shape index (κ1) is 17.3. The van der Waals surface area contributed by atoms with Gasteiger partial charge in [-0.05, 0) is 18.8 Å². The zero-order chi connectivity index (χ0) is 14.8. The van der Waals surface area contributed by atoms with Crippen LogP contribution in [0.25, 0.3) is 0 Å². The second kappa shape index (κ2) is 9.21. The van der Waals surface area contributed by atoms with Crippen molar-refractivity contribution in [3.8, 4) is 0 Å². The Morgan fingerprint density at radius 3 is 2.45 bits per heavy atom. The molecular weight excluding hydrogens is 274 g/mol. The highest BCUT2D eigenvalue weighted by molar-refractivity contribution is 7.91. The van der Waals surface area contributed by atoms with E-state index in [-0.39, 0.29) is 11.5 Å². The van der Waals surface area contributed by atoms with E-state index in [1.807, 2.05) is 0 Å². The highest BCUT2D eigenvalue weighted by Crippen LogP contribution is 2.28. The standard InChI is InChI=1S/C14H29N3O2S/c1-3-20(18,19)12-11-17-14(15-2)16-10-6-9-13-7-4-5-8-13/h13H,3-12H2,1-2H3,(H2,15,16,17). The number of sulfone groups is 1. The van der Waals surface area contributed by atoms with Crippen LogP contribution in [0.3, 0.4) is 0 Å². The molecule has 0 atom stereocenters. The lowest BCUT2D eigenvalue weighted by Crippen LogP contribution is -2.40. The molecule has 0 aromatic carbocycles. The summed E-state index contributed by atoms with van der Waals surface area (Å²) in [6.07, 6.45) is 8.01. The zero-order valence-corrected chi connectivity index (χ0v) is 13.6. The third-order valence-electron chi connectivity index (χ3n) is 3.93. The predicted octanol–water partition coefficient (Wildman–Crippen LogP) is 1.56. The molecule has 0 aromatic heterocycles. The molecule has 0 bridgehead atoms. The van der Waals surface area contributed by atoms with Crippen molar-refractivity contribution >= 4 is 15.8 Å². The molecule has 118 valence electrons. The first-order valence-electron chi connectivity index (χ1n) is 7.72. The van der Waals surface area contributed by atoms with E-state index in [1.54, 1.807) is 14.0 Å². The second-order valence-corrected chi connectivity index (χ2v) is 7.93. The molecule has 6 heteroatoms. The molecule has 0 radical (unpaired) electrons. The summed E-state index contributed by atoms with van der Waals surface area (Å²) >= 11 is 0. The highest BCUT2D eigenvalue weighted by Gasteiger charge is 2.14. The molecule has 0 saturated heterocycles. The van der Waals surface area contributed by atoms with Crippen molar-refractivity contribution in [2.45, 2.75) is 45.4 Å². The maximum absolute atomic E-state index is 11.4. The maximum Gasteiger partial charge on any atom is 0.191 e. The topological polar surface area (TPSA) is 70.6 Å². The molecule has 20 heavy (non-hydrogen) atoms. The van der Waals surface area contributed by atoms with Crippen molar-refractivity contribution in [3.05, 3.63) is 0 Å². The molecule has 1 fully saturated rings. The fourth-order valence-electron chi connectivity index (χ4n) is 2.59. The van der Waals surface area contributed by atoms with E-state index in [4.69, 9.17) is 0 Å². The van der Waals surface area contributed by atoms with Gasteiger partial charge >= 0.3 is 0 Å². The molecule has 0 aliphatic heterocycles. The Kier molecular flexibility index (Phi) is 7.95. The minimum Gasteiger partial charge on any atom is -0.356 e. The number of guanidine groups is 1. The minimum absolute atomic E-state index is 0.159. The zero-order valence-electron chi connectivity index (χ0n) is 12.8. The van der Waals surface area contributed by atoms with Crippen LogP contribution in [-0.2, 0) is 9.84 Å². The Hall–Kier alpha value is -0.780. The van der Waals surface area contributed by atoms with E-state index in [0.717, 1.165) is 18.9 Å². The Labute approximate surface area is 123 Å². The molecule has 0 heterocycles. The van der Waals surface area contributed by atoms with Crippen molar-refractivity contribution in [2.75, 3.05) is 31.6 Å². The molecule has 0 amide bonds. The van der Waals surface area contributed by atoms with Crippen LogP contribution < -0.4 is 10.6 Å². The fraction of sp³-hybridized carbons (Fsp3) is 0.929. The molecular formula is C14H29N3O2S. The van der Waals surface area contributed by atoms with Crippen LogP contribution in [0.4, 0.5) is 0 Å². The van der Waals surface area contributed by atoms with Crippen LogP contribution in [0, 0.1) is 5.92 Å². The van der Waals surface area contributed by atoms with Crippen LogP contribution in [0.2, 0.25) is 0 Å². The van der Waals surface area contributed by atoms with Gasteiger partial charge in [0, 0.05) is 25.9 Å². The minimum atomic E-state index is -2.90. The summed E-state index contributed by atoms with van der Waals surface area (Å²) in [5.41, 5.74) is 0. The van der Waals surface area contributed by atoms with Gasteiger partial charge in [-0.2, -0.15) is 0 Å². The van der Waals surface area contributed by atoms with Gasteiger partial charge in [-0.3, -0.25) is 4.99 Å². The lowest BCUT2D eigenvalue weighted by atomic mass is 10.0. The van der Waals surface area contributed by atoms with Crippen molar-refractivity contribution in [3.63, 3.8) is 0 Å². The van der Waals surface area contributed by atoms with Gasteiger partial charge in [-0.1, -0.05) is 32.6 Å². The molecule has 0 unspecified atom stereocenters. The van der Waals surface area contributed by atoms with Gasteiger partial charge in [0.2, 0.25) is 0 Å². The maximum atomic E-state index is 11.4. The molecule has 1 rings (SSSR count). The third kappa shape index (κ3) is 7.12. The lowest BCUT2D eigenvalue weighted by Gasteiger charge is -2.13. The molecule has 1 aliphatic rings. The largest absolute Gasteiger partial charge is 0.356 e. The van der Waals surface area contributed by atoms with E-state index in [9.17, 15) is 8.42 Å². The van der Waals surface area contributed by atoms with Gasteiger partial charge in [0.25, 0.3) is 0 Å². The summed E-state index contributed by atoms with van der Waals surface area (Å²) in [5.74, 6) is 1.97. The number of nitrogens with one attached hydrogen (secondary N) is 2. The summed E-state index contributed by atoms with van der Waals surface area (Å²) in [7, 11) is -1.20. The van der Waals surface area contributed by atoms with E-state index < -0.39 is 9.84 Å². The lowest BCUT2D eigenvalue weighted by molar-refractivity contribution is 0.481. The van der Waals surface area contributed by atoms with Crippen LogP contribution in [0.5, 0.6) is 0 Å². The first-order chi connectivity index (χ1) is 9.57. The fourth-order valence-corrected chi connectivity index (χ4v) is 3.29. The average Bonchev–Trinajstić information content (AvgIpc) is 2.94. The van der Waals surface area contributed by atoms with E-state index in [2.05, 4.69) is 15.6 Å². The number of hydrogen-bond acceptors (Lipinski definition) is 3. The van der Waals surface area contributed by atoms with Gasteiger partial charge in [0.05, 0.1) is 5.75 Å². The third-order valence-corrected chi connectivity index (χ3v) is 5.63. The van der Waals surface area contributed by atoms with Gasteiger partial charge in [-0.25, -0.2) is 8.42 Å². The van der Waals surface area contributed by atoms with Crippen molar-refractivity contribution in [2.24, 2.45) is 10.9 Å². The molecule has 1 aliphatic carbocycles. The SMILES string of the molecule is CCS(=O)(=O)CCNC(=NC)NCCCC1CCCC1. The van der Waals surface area contributed by atoms with Gasteiger partial charge in [0.15, 0.2) is 15.8 Å². The van der Waals surface area contributed by atoms with Crippen molar-refractivity contribution in [1.82, 2.24) is 10.6 Å². The number of aliphatic imine (C=N–C) groups is 1. The Bertz CT molecular complexity index is 387. The van der Waals surface area contributed by atoms with Gasteiger partial charge in [0.1, 0.15) is 0 Å². The number of nitrogens with zero attached hydrogens (tertiary/aromatic N) is 1. The number of hydrogen-bond donors (Lipinski definition) is 2. The smallest absolute Gasteiger partial charge is 0.191 e. The van der Waals surface area contributed by atoms with Gasteiger partial charge < -0.3 is 10.6 Å². The van der Waals surface area contributed by atoms with Crippen LogP contribution in [0.1, 0.15) is 45.4 Å². The first-order valence-corrected chi connectivity index (χ1v) is 9.54. The Balaban J connectivity index is 2.10. The Morgan fingerprint density at radius 2 is 1.85 bits per heavy atom. The summed E-state index contributed by atoms with van der Waals surface area (Å²) in [4.78, 5) is 4.10. The Morgan fingerprint density at radius 1 is 1.20 bits per heavy atom.